The summed E-state index contributed by atoms with van der Waals surface area (Å²) in [6, 6.07) is 19.1. The van der Waals surface area contributed by atoms with Crippen molar-refractivity contribution < 1.29 is 0 Å². The van der Waals surface area contributed by atoms with Crippen molar-refractivity contribution in [3.05, 3.63) is 85.0 Å². The average molecular weight is 248 g/mol. The van der Waals surface area contributed by atoms with Gasteiger partial charge in [0.05, 0.1) is 0 Å². The van der Waals surface area contributed by atoms with Crippen molar-refractivity contribution in [2.75, 3.05) is 0 Å². The first-order chi connectivity index (χ1) is 9.24. The molecule has 0 heteroatoms. The summed E-state index contributed by atoms with van der Waals surface area (Å²) in [6.45, 7) is 10.1. The summed E-state index contributed by atoms with van der Waals surface area (Å²) in [4.78, 5) is 0. The summed E-state index contributed by atoms with van der Waals surface area (Å²) < 4.78 is 0. The molecule has 0 aliphatic rings. The Morgan fingerprint density at radius 1 is 1.05 bits per heavy atom. The van der Waals surface area contributed by atoms with Crippen LogP contribution in [0.1, 0.15) is 24.8 Å². The van der Waals surface area contributed by atoms with E-state index in [4.69, 9.17) is 0 Å². The Kier molecular flexibility index (Phi) is 4.35. The lowest BCUT2D eigenvalue weighted by molar-refractivity contribution is 0.815. The summed E-state index contributed by atoms with van der Waals surface area (Å²) in [5.74, 6) is 0.342. The Morgan fingerprint density at radius 2 is 1.68 bits per heavy atom. The highest BCUT2D eigenvalue weighted by molar-refractivity contribution is 5.68. The first-order valence-electron chi connectivity index (χ1n) is 6.64. The maximum Gasteiger partial charge on any atom is 0.00832 e. The quantitative estimate of drug-likeness (QED) is 0.605. The minimum Gasteiger partial charge on any atom is -0.103 e. The topological polar surface area (TPSA) is 0 Å². The molecule has 0 N–H and O–H groups in total. The van der Waals surface area contributed by atoms with Gasteiger partial charge in [0.1, 0.15) is 0 Å². The van der Waals surface area contributed by atoms with Crippen LogP contribution in [0.3, 0.4) is 0 Å². The van der Waals surface area contributed by atoms with E-state index in [0.29, 0.717) is 5.92 Å². The molecule has 0 aliphatic carbocycles. The molecule has 0 aliphatic heterocycles. The molecule has 0 aromatic heterocycles. The van der Waals surface area contributed by atoms with E-state index in [2.05, 4.69) is 68.6 Å². The lowest BCUT2D eigenvalue weighted by atomic mass is 9.85. The third-order valence-electron chi connectivity index (χ3n) is 3.42. The summed E-state index contributed by atoms with van der Waals surface area (Å²) in [7, 11) is 0. The van der Waals surface area contributed by atoms with E-state index in [0.717, 1.165) is 6.42 Å². The van der Waals surface area contributed by atoms with Crippen LogP contribution in [0, 0.1) is 0 Å². The van der Waals surface area contributed by atoms with Gasteiger partial charge in [-0.25, -0.2) is 0 Å². The molecule has 1 atom stereocenters. The van der Waals surface area contributed by atoms with E-state index < -0.39 is 0 Å². The van der Waals surface area contributed by atoms with E-state index in [-0.39, 0.29) is 0 Å². The van der Waals surface area contributed by atoms with Gasteiger partial charge in [0.25, 0.3) is 0 Å². The molecule has 19 heavy (non-hydrogen) atoms. The summed E-state index contributed by atoms with van der Waals surface area (Å²) in [5.41, 5.74) is 5.07. The lowest BCUT2D eigenvalue weighted by Gasteiger charge is -2.19. The molecule has 0 nitrogen and oxygen atoms in total. The van der Waals surface area contributed by atoms with Crippen LogP contribution in [-0.2, 0) is 0 Å². The molecule has 0 radical (unpaired) electrons. The number of hydrogen-bond donors (Lipinski definition) is 0. The van der Waals surface area contributed by atoms with Gasteiger partial charge in [0, 0.05) is 5.92 Å². The van der Waals surface area contributed by atoms with Crippen LogP contribution in [0.25, 0.3) is 11.1 Å². The smallest absolute Gasteiger partial charge is 0.00832 e. The van der Waals surface area contributed by atoms with Gasteiger partial charge < -0.3 is 0 Å². The van der Waals surface area contributed by atoms with Crippen LogP contribution in [-0.4, -0.2) is 0 Å². The fourth-order valence-corrected chi connectivity index (χ4v) is 2.44. The van der Waals surface area contributed by atoms with Gasteiger partial charge >= 0.3 is 0 Å². The third-order valence-corrected chi connectivity index (χ3v) is 3.42. The van der Waals surface area contributed by atoms with Crippen molar-refractivity contribution in [3.63, 3.8) is 0 Å². The third kappa shape index (κ3) is 3.03. The van der Waals surface area contributed by atoms with Crippen molar-refractivity contribution in [2.24, 2.45) is 0 Å². The fraction of sp³-hybridized carbons (Fsp3) is 0.158. The van der Waals surface area contributed by atoms with Crippen molar-refractivity contribution >= 4 is 0 Å². The molecule has 0 saturated carbocycles. The minimum atomic E-state index is 0.342. The molecule has 2 aromatic rings. The molecule has 0 fully saturated rings. The zero-order valence-electron chi connectivity index (χ0n) is 11.5. The van der Waals surface area contributed by atoms with Crippen molar-refractivity contribution in [2.45, 2.75) is 19.3 Å². The summed E-state index contributed by atoms with van der Waals surface area (Å²) in [6.07, 6.45) is 2.90. The molecule has 1 unspecified atom stereocenters. The Bertz CT molecular complexity index is 564. The van der Waals surface area contributed by atoms with E-state index >= 15 is 0 Å². The number of allylic oxidation sites excluding steroid dienone is 2. The van der Waals surface area contributed by atoms with Gasteiger partial charge in [-0.05, 0) is 30.0 Å². The number of rotatable bonds is 5. The van der Waals surface area contributed by atoms with Crippen molar-refractivity contribution in [1.82, 2.24) is 0 Å². The molecule has 0 spiro atoms. The van der Waals surface area contributed by atoms with Crippen LogP contribution in [0.5, 0.6) is 0 Å². The zero-order valence-corrected chi connectivity index (χ0v) is 11.5. The van der Waals surface area contributed by atoms with E-state index in [1.165, 1.54) is 22.3 Å². The predicted molar refractivity (Wildman–Crippen MR) is 84.2 cm³/mol. The van der Waals surface area contributed by atoms with Crippen LogP contribution >= 0.6 is 0 Å². The average Bonchev–Trinajstić information content (AvgIpc) is 2.45. The van der Waals surface area contributed by atoms with Crippen molar-refractivity contribution in [3.8, 4) is 11.1 Å². The molecule has 2 rings (SSSR count). The number of hydrogen-bond acceptors (Lipinski definition) is 0. The van der Waals surface area contributed by atoms with Gasteiger partial charge in [0.15, 0.2) is 0 Å². The highest BCUT2D eigenvalue weighted by Gasteiger charge is 2.15. The Labute approximate surface area is 116 Å². The molecular weight excluding hydrogens is 228 g/mol. The minimum absolute atomic E-state index is 0.342. The first kappa shape index (κ1) is 13.4. The molecule has 96 valence electrons. The monoisotopic (exact) mass is 248 g/mol. The second-order valence-electron chi connectivity index (χ2n) is 4.88. The SMILES string of the molecule is C=CCC(C(=C)C)c1ccccc1-c1ccccc1. The highest BCUT2D eigenvalue weighted by atomic mass is 14.2. The van der Waals surface area contributed by atoms with Crippen LogP contribution in [0.4, 0.5) is 0 Å². The van der Waals surface area contributed by atoms with E-state index in [9.17, 15) is 0 Å². The Balaban J connectivity index is 2.52. The van der Waals surface area contributed by atoms with Crippen molar-refractivity contribution in [1.29, 1.82) is 0 Å². The van der Waals surface area contributed by atoms with E-state index in [1.54, 1.807) is 0 Å². The summed E-state index contributed by atoms with van der Waals surface area (Å²) in [5, 5.41) is 0. The Morgan fingerprint density at radius 3 is 2.32 bits per heavy atom. The normalized spacial score (nSPS) is 11.8. The Hall–Kier alpha value is -2.08. The maximum atomic E-state index is 4.14. The van der Waals surface area contributed by atoms with Crippen LogP contribution in [0.2, 0.25) is 0 Å². The lowest BCUT2D eigenvalue weighted by Crippen LogP contribution is -2.01. The summed E-state index contributed by atoms with van der Waals surface area (Å²) >= 11 is 0. The standard InChI is InChI=1S/C19H20/c1-4-10-17(15(2)3)19-14-9-8-13-18(19)16-11-6-5-7-12-16/h4-9,11-14,17H,1-2,10H2,3H3. The second-order valence-corrected chi connectivity index (χ2v) is 4.88. The molecule has 0 amide bonds. The number of benzene rings is 2. The van der Waals surface area contributed by atoms with Gasteiger partial charge in [-0.2, -0.15) is 0 Å². The van der Waals surface area contributed by atoms with E-state index in [1.807, 2.05) is 12.1 Å². The molecule has 0 heterocycles. The predicted octanol–water partition coefficient (Wildman–Crippen LogP) is 5.59. The molecule has 2 aromatic carbocycles. The highest BCUT2D eigenvalue weighted by Crippen LogP contribution is 2.34. The second kappa shape index (κ2) is 6.19. The molecule has 0 bridgehead atoms. The van der Waals surface area contributed by atoms with Gasteiger partial charge in [-0.1, -0.05) is 72.8 Å². The zero-order chi connectivity index (χ0) is 13.7. The molecular formula is C19H20. The van der Waals surface area contributed by atoms with Gasteiger partial charge in [-0.15, -0.1) is 6.58 Å². The van der Waals surface area contributed by atoms with Crippen LogP contribution < -0.4 is 0 Å². The fourth-order valence-electron chi connectivity index (χ4n) is 2.44. The maximum absolute atomic E-state index is 4.14. The first-order valence-corrected chi connectivity index (χ1v) is 6.64. The molecule has 0 saturated heterocycles. The van der Waals surface area contributed by atoms with Gasteiger partial charge in [0.2, 0.25) is 0 Å². The van der Waals surface area contributed by atoms with Gasteiger partial charge in [-0.3, -0.25) is 0 Å². The van der Waals surface area contributed by atoms with Crippen LogP contribution in [0.15, 0.2) is 79.4 Å². The largest absolute Gasteiger partial charge is 0.103 e.